The van der Waals surface area contributed by atoms with Crippen LogP contribution in [0.15, 0.2) is 12.2 Å². The maximum Gasteiger partial charge on any atom is 0.157 e. The summed E-state index contributed by atoms with van der Waals surface area (Å²) < 4.78 is -0.940. The topological polar surface area (TPSA) is 34.1 Å². The van der Waals surface area contributed by atoms with Crippen molar-refractivity contribution in [2.24, 2.45) is 21.7 Å². The quantitative estimate of drug-likeness (QED) is 0.277. The van der Waals surface area contributed by atoms with Gasteiger partial charge in [0.1, 0.15) is 0 Å². The summed E-state index contributed by atoms with van der Waals surface area (Å²) in [5.41, 5.74) is -1.33. The molecule has 4 aliphatic carbocycles. The zero-order valence-corrected chi connectivity index (χ0v) is 21.8. The third kappa shape index (κ3) is 1.86. The van der Waals surface area contributed by atoms with Gasteiger partial charge >= 0.3 is 0 Å². The molecule has 0 heterocycles. The van der Waals surface area contributed by atoms with Crippen molar-refractivity contribution in [2.45, 2.75) is 71.7 Å². The monoisotopic (exact) mass is 612 g/mol. The lowest BCUT2D eigenvalue weighted by Gasteiger charge is -2.43. The molecular formula is C20H24Br4O2. The Kier molecular flexibility index (Phi) is 4.19. The summed E-state index contributed by atoms with van der Waals surface area (Å²) in [6.45, 7) is 8.31. The maximum atomic E-state index is 13.1. The molecule has 0 aromatic heterocycles. The van der Waals surface area contributed by atoms with Gasteiger partial charge < -0.3 is 0 Å². The SMILES string of the molecule is CC1(C)C(=O)[C@]2(Br)CC[C@@]1(/C=C/[C@]13CC[C@](Br)(C(=O)C1(C)C)[C@@H]3Br)[C@@H]2Br. The van der Waals surface area contributed by atoms with Gasteiger partial charge in [-0.05, 0) is 25.7 Å². The van der Waals surface area contributed by atoms with Crippen molar-refractivity contribution in [1.29, 1.82) is 0 Å². The number of ketones is 2. The van der Waals surface area contributed by atoms with E-state index in [9.17, 15) is 9.59 Å². The Morgan fingerprint density at radius 3 is 1.27 bits per heavy atom. The maximum absolute atomic E-state index is 13.1. The highest BCUT2D eigenvalue weighted by Crippen LogP contribution is 2.73. The molecule has 4 fully saturated rings. The highest BCUT2D eigenvalue weighted by atomic mass is 79.9. The highest BCUT2D eigenvalue weighted by Gasteiger charge is 2.76. The van der Waals surface area contributed by atoms with Crippen LogP contribution in [-0.4, -0.2) is 29.9 Å². The number of allylic oxidation sites excluding steroid dienone is 2. The van der Waals surface area contributed by atoms with Gasteiger partial charge in [0.15, 0.2) is 11.6 Å². The number of carbonyl (C=O) groups excluding carboxylic acids is 2. The molecule has 0 N–H and O–H groups in total. The third-order valence-electron chi connectivity index (χ3n) is 8.41. The lowest BCUT2D eigenvalue weighted by Crippen LogP contribution is -2.43. The first-order valence-corrected chi connectivity index (χ1v) is 12.6. The Balaban J connectivity index is 1.82. The van der Waals surface area contributed by atoms with Crippen molar-refractivity contribution in [3.63, 3.8) is 0 Å². The lowest BCUT2D eigenvalue weighted by molar-refractivity contribution is -0.131. The number of alkyl halides is 4. The van der Waals surface area contributed by atoms with Crippen molar-refractivity contribution in [2.75, 3.05) is 0 Å². The van der Waals surface area contributed by atoms with Crippen LogP contribution < -0.4 is 0 Å². The molecule has 0 saturated heterocycles. The summed E-state index contributed by atoms with van der Waals surface area (Å²) in [5.74, 6) is 0.581. The average molecular weight is 616 g/mol. The van der Waals surface area contributed by atoms with E-state index in [1.807, 2.05) is 0 Å². The Morgan fingerprint density at radius 1 is 0.731 bits per heavy atom. The van der Waals surface area contributed by atoms with Crippen LogP contribution >= 0.6 is 63.7 Å². The molecule has 6 heteroatoms. The van der Waals surface area contributed by atoms with Gasteiger partial charge in [-0.2, -0.15) is 0 Å². The Bertz CT molecular complexity index is 697. The minimum atomic E-state index is -0.470. The van der Waals surface area contributed by atoms with E-state index in [4.69, 9.17) is 0 Å². The smallest absolute Gasteiger partial charge is 0.157 e. The van der Waals surface area contributed by atoms with Gasteiger partial charge in [0.05, 0.1) is 8.65 Å². The number of rotatable bonds is 2. The van der Waals surface area contributed by atoms with Crippen LogP contribution in [0.2, 0.25) is 0 Å². The molecule has 4 saturated carbocycles. The summed E-state index contributed by atoms with van der Waals surface area (Å²) in [7, 11) is 0. The van der Waals surface area contributed by atoms with Crippen molar-refractivity contribution < 1.29 is 9.59 Å². The molecule has 0 aromatic rings. The summed E-state index contributed by atoms with van der Waals surface area (Å²) in [6, 6.07) is 0. The molecule has 0 aromatic carbocycles. The Morgan fingerprint density at radius 2 is 1.04 bits per heavy atom. The fourth-order valence-corrected chi connectivity index (χ4v) is 11.3. The van der Waals surface area contributed by atoms with Gasteiger partial charge in [-0.25, -0.2) is 0 Å². The number of hydrogen-bond acceptors (Lipinski definition) is 2. The summed E-state index contributed by atoms with van der Waals surface area (Å²) in [6.07, 6.45) is 8.25. The van der Waals surface area contributed by atoms with Crippen LogP contribution in [0.25, 0.3) is 0 Å². The van der Waals surface area contributed by atoms with Crippen LogP contribution in [-0.2, 0) is 9.59 Å². The molecule has 2 nitrogen and oxygen atoms in total. The van der Waals surface area contributed by atoms with Crippen LogP contribution in [0.4, 0.5) is 0 Å². The molecule has 0 amide bonds. The molecule has 6 atom stereocenters. The average Bonchev–Trinajstić information content (AvgIpc) is 3.06. The first-order valence-electron chi connectivity index (χ1n) is 9.20. The van der Waals surface area contributed by atoms with Gasteiger partial charge in [0.25, 0.3) is 0 Å². The van der Waals surface area contributed by atoms with Crippen molar-refractivity contribution >= 4 is 75.3 Å². The van der Waals surface area contributed by atoms with Crippen LogP contribution in [0.5, 0.6) is 0 Å². The second-order valence-electron chi connectivity index (χ2n) is 9.77. The minimum Gasteiger partial charge on any atom is -0.297 e. The van der Waals surface area contributed by atoms with E-state index in [-0.39, 0.29) is 20.5 Å². The molecule has 144 valence electrons. The zero-order chi connectivity index (χ0) is 19.6. The first-order chi connectivity index (χ1) is 11.7. The number of hydrogen-bond donors (Lipinski definition) is 0. The van der Waals surface area contributed by atoms with E-state index in [0.717, 1.165) is 25.7 Å². The number of Topliss-reactive ketones (excluding diaryl/α,β-unsaturated/α-hetero) is 2. The Labute approximate surface area is 189 Å². The van der Waals surface area contributed by atoms with Gasteiger partial charge in [0, 0.05) is 31.3 Å². The molecular weight excluding hydrogens is 592 g/mol. The molecule has 26 heavy (non-hydrogen) atoms. The molecule has 4 bridgehead atoms. The van der Waals surface area contributed by atoms with Crippen LogP contribution in [0.3, 0.4) is 0 Å². The summed E-state index contributed by atoms with van der Waals surface area (Å²) in [4.78, 5) is 26.3. The standard InChI is InChI=1S/C20H24Br4O2/c1-15(2)13(25)19(23)9-7-17(15,11(19)21)5-6-18-8-10-20(24,12(18)22)14(26)16(18,3)4/h5-6,11-12H,7-10H2,1-4H3/b6-5+/t11-,12+,17-,18+,19-,20+. The van der Waals surface area contributed by atoms with Crippen molar-refractivity contribution in [3.8, 4) is 0 Å². The molecule has 4 rings (SSSR count). The first kappa shape index (κ1) is 20.3. The number of fused-ring (bicyclic) bond motifs is 4. The molecule has 0 unspecified atom stereocenters. The number of halogens is 4. The molecule has 0 spiro atoms. The van der Waals surface area contributed by atoms with E-state index in [2.05, 4.69) is 104 Å². The fraction of sp³-hybridized carbons (Fsp3) is 0.800. The predicted octanol–water partition coefficient (Wildman–Crippen LogP) is 6.12. The second kappa shape index (κ2) is 5.37. The van der Waals surface area contributed by atoms with Gasteiger partial charge in [0.2, 0.25) is 0 Å². The van der Waals surface area contributed by atoms with E-state index in [1.165, 1.54) is 0 Å². The molecule has 0 radical (unpaired) electrons. The summed E-state index contributed by atoms with van der Waals surface area (Å²) >= 11 is 15.3. The zero-order valence-electron chi connectivity index (χ0n) is 15.5. The fourth-order valence-electron chi connectivity index (χ4n) is 6.33. The highest BCUT2D eigenvalue weighted by molar-refractivity contribution is 9.13. The van der Waals surface area contributed by atoms with E-state index < -0.39 is 19.5 Å². The van der Waals surface area contributed by atoms with Crippen molar-refractivity contribution in [1.82, 2.24) is 0 Å². The lowest BCUT2D eigenvalue weighted by atomic mass is 9.60. The van der Waals surface area contributed by atoms with Gasteiger partial charge in [-0.3, -0.25) is 9.59 Å². The number of carbonyl (C=O) groups is 2. The third-order valence-corrected chi connectivity index (χ3v) is 15.3. The molecule has 0 aliphatic heterocycles. The van der Waals surface area contributed by atoms with Gasteiger partial charge in [-0.15, -0.1) is 0 Å². The van der Waals surface area contributed by atoms with E-state index in [1.54, 1.807) is 0 Å². The minimum absolute atomic E-state index is 0.0711. The molecule has 4 aliphatic rings. The van der Waals surface area contributed by atoms with Crippen molar-refractivity contribution in [3.05, 3.63) is 12.2 Å². The Hall–Kier alpha value is 1.000. The summed E-state index contributed by atoms with van der Waals surface area (Å²) in [5, 5.41) is 0. The van der Waals surface area contributed by atoms with E-state index in [0.29, 0.717) is 11.6 Å². The second-order valence-corrected chi connectivity index (χ2v) is 14.4. The van der Waals surface area contributed by atoms with E-state index >= 15 is 0 Å². The van der Waals surface area contributed by atoms with Gasteiger partial charge in [-0.1, -0.05) is 104 Å². The van der Waals surface area contributed by atoms with Crippen LogP contribution in [0, 0.1) is 21.7 Å². The predicted molar refractivity (Wildman–Crippen MR) is 119 cm³/mol. The normalized spacial score (nSPS) is 54.0. The largest absolute Gasteiger partial charge is 0.297 e. The van der Waals surface area contributed by atoms with Crippen LogP contribution in [0.1, 0.15) is 53.4 Å².